The molecule has 1 aromatic heterocycles. The highest BCUT2D eigenvalue weighted by Crippen LogP contribution is 2.21. The molecule has 0 atom stereocenters. The van der Waals surface area contributed by atoms with Gasteiger partial charge in [-0.1, -0.05) is 23.4 Å². The molecule has 17 heavy (non-hydrogen) atoms. The number of halogens is 1. The van der Waals surface area contributed by atoms with Crippen LogP contribution in [0.15, 0.2) is 11.4 Å². The largest absolute Gasteiger partial charge is 0.444 e. The van der Waals surface area contributed by atoms with Gasteiger partial charge in [0.25, 0.3) is 0 Å². The molecule has 0 unspecified atom stereocenters. The molecule has 0 bridgehead atoms. The van der Waals surface area contributed by atoms with E-state index in [0.717, 1.165) is 5.56 Å². The first-order valence-electron chi connectivity index (χ1n) is 5.07. The second-order valence-corrected chi connectivity index (χ2v) is 5.78. The number of rotatable bonds is 1. The third-order valence-electron chi connectivity index (χ3n) is 1.56. The molecule has 92 valence electrons. The van der Waals surface area contributed by atoms with Gasteiger partial charge < -0.3 is 10.1 Å². The molecule has 1 amide bonds. The van der Waals surface area contributed by atoms with Crippen LogP contribution in [0.2, 0.25) is 4.34 Å². The minimum absolute atomic E-state index is 0.237. The van der Waals surface area contributed by atoms with Gasteiger partial charge in [-0.25, -0.2) is 4.79 Å². The Morgan fingerprint density at radius 2 is 2.29 bits per heavy atom. The van der Waals surface area contributed by atoms with Crippen molar-refractivity contribution >= 4 is 29.0 Å². The summed E-state index contributed by atoms with van der Waals surface area (Å²) < 4.78 is 5.72. The lowest BCUT2D eigenvalue weighted by Gasteiger charge is -2.18. The van der Waals surface area contributed by atoms with E-state index in [0.29, 0.717) is 4.34 Å². The van der Waals surface area contributed by atoms with Crippen molar-refractivity contribution in [2.45, 2.75) is 26.4 Å². The molecule has 0 saturated carbocycles. The van der Waals surface area contributed by atoms with Crippen molar-refractivity contribution < 1.29 is 9.53 Å². The highest BCUT2D eigenvalue weighted by atomic mass is 35.5. The molecule has 0 radical (unpaired) electrons. The summed E-state index contributed by atoms with van der Waals surface area (Å²) in [5.41, 5.74) is 0.288. The van der Waals surface area contributed by atoms with Gasteiger partial charge in [-0.15, -0.1) is 11.3 Å². The Kier molecular flexibility index (Phi) is 4.86. The fourth-order valence-electron chi connectivity index (χ4n) is 0.952. The van der Waals surface area contributed by atoms with E-state index in [9.17, 15) is 4.79 Å². The van der Waals surface area contributed by atoms with Crippen LogP contribution in [0.1, 0.15) is 26.3 Å². The number of hydrogen-bond acceptors (Lipinski definition) is 3. The van der Waals surface area contributed by atoms with Crippen LogP contribution in [0.3, 0.4) is 0 Å². The van der Waals surface area contributed by atoms with Crippen LogP contribution in [-0.4, -0.2) is 18.2 Å². The Balaban J connectivity index is 2.36. The third-order valence-corrected chi connectivity index (χ3v) is 2.73. The number of carbonyl (C=O) groups excluding carboxylic acids is 1. The summed E-state index contributed by atoms with van der Waals surface area (Å²) in [5.74, 6) is 5.67. The number of carbonyl (C=O) groups is 1. The molecular weight excluding hydrogens is 258 g/mol. The molecule has 3 nitrogen and oxygen atoms in total. The van der Waals surface area contributed by atoms with E-state index in [4.69, 9.17) is 16.3 Å². The fraction of sp³-hybridized carbons (Fsp3) is 0.417. The molecule has 5 heteroatoms. The average Bonchev–Trinajstić information content (AvgIpc) is 2.56. The molecule has 0 aliphatic heterocycles. The van der Waals surface area contributed by atoms with Crippen molar-refractivity contribution in [1.29, 1.82) is 0 Å². The van der Waals surface area contributed by atoms with Crippen molar-refractivity contribution in [3.05, 3.63) is 21.3 Å². The molecule has 0 saturated heterocycles. The summed E-state index contributed by atoms with van der Waals surface area (Å²) in [6.45, 7) is 5.66. The van der Waals surface area contributed by atoms with Gasteiger partial charge in [-0.05, 0) is 32.2 Å². The Morgan fingerprint density at radius 1 is 1.59 bits per heavy atom. The maximum absolute atomic E-state index is 11.3. The van der Waals surface area contributed by atoms with Gasteiger partial charge in [0.1, 0.15) is 9.94 Å². The molecular formula is C12H14ClNO2S. The molecule has 1 N–H and O–H groups in total. The first-order chi connectivity index (χ1) is 7.88. The zero-order valence-electron chi connectivity index (χ0n) is 9.96. The highest BCUT2D eigenvalue weighted by molar-refractivity contribution is 7.14. The van der Waals surface area contributed by atoms with Gasteiger partial charge in [0, 0.05) is 0 Å². The highest BCUT2D eigenvalue weighted by Gasteiger charge is 2.14. The Bertz CT molecular complexity index is 451. The van der Waals surface area contributed by atoms with Crippen molar-refractivity contribution in [1.82, 2.24) is 5.32 Å². The summed E-state index contributed by atoms with van der Waals surface area (Å²) >= 11 is 7.30. The lowest BCUT2D eigenvalue weighted by Crippen LogP contribution is -2.32. The third kappa shape index (κ3) is 5.62. The van der Waals surface area contributed by atoms with E-state index in [1.165, 1.54) is 11.3 Å². The second kappa shape index (κ2) is 5.95. The average molecular weight is 272 g/mol. The fourth-order valence-corrected chi connectivity index (χ4v) is 1.79. The molecule has 1 aromatic rings. The van der Waals surface area contributed by atoms with Crippen LogP contribution in [0.25, 0.3) is 0 Å². The number of ether oxygens (including phenoxy) is 1. The second-order valence-electron chi connectivity index (χ2n) is 4.27. The standard InChI is InChI=1S/C12H14ClNO2S/c1-12(2,3)16-11(15)14-7-4-5-9-6-8-17-10(9)13/h6,8H,7H2,1-3H3,(H,14,15). The van der Waals surface area contributed by atoms with Gasteiger partial charge in [0.15, 0.2) is 0 Å². The van der Waals surface area contributed by atoms with Crippen LogP contribution in [0, 0.1) is 11.8 Å². The van der Waals surface area contributed by atoms with Crippen LogP contribution >= 0.6 is 22.9 Å². The molecule has 0 spiro atoms. The number of alkyl carbamates (subject to hydrolysis) is 1. The summed E-state index contributed by atoms with van der Waals surface area (Å²) in [5, 5.41) is 4.42. The first-order valence-corrected chi connectivity index (χ1v) is 6.33. The lowest BCUT2D eigenvalue weighted by atomic mass is 10.2. The van der Waals surface area contributed by atoms with Gasteiger partial charge in [0.05, 0.1) is 12.1 Å². The number of nitrogens with one attached hydrogen (secondary N) is 1. The normalized spacial score (nSPS) is 10.4. The quantitative estimate of drug-likeness (QED) is 0.796. The van der Waals surface area contributed by atoms with Crippen molar-refractivity contribution in [2.24, 2.45) is 0 Å². The minimum atomic E-state index is -0.492. The maximum Gasteiger partial charge on any atom is 0.408 e. The number of hydrogen-bond donors (Lipinski definition) is 1. The zero-order valence-corrected chi connectivity index (χ0v) is 11.5. The van der Waals surface area contributed by atoms with Crippen LogP contribution in [0.5, 0.6) is 0 Å². The molecule has 0 aliphatic carbocycles. The van der Waals surface area contributed by atoms with Gasteiger partial charge in [0.2, 0.25) is 0 Å². The zero-order chi connectivity index (χ0) is 12.9. The van der Waals surface area contributed by atoms with E-state index in [-0.39, 0.29) is 6.54 Å². The van der Waals surface area contributed by atoms with Gasteiger partial charge >= 0.3 is 6.09 Å². The van der Waals surface area contributed by atoms with Gasteiger partial charge in [-0.2, -0.15) is 0 Å². The van der Waals surface area contributed by atoms with E-state index in [2.05, 4.69) is 17.2 Å². The smallest absolute Gasteiger partial charge is 0.408 e. The van der Waals surface area contributed by atoms with E-state index < -0.39 is 11.7 Å². The van der Waals surface area contributed by atoms with Crippen molar-refractivity contribution in [2.75, 3.05) is 6.54 Å². The summed E-state index contributed by atoms with van der Waals surface area (Å²) in [7, 11) is 0. The van der Waals surface area contributed by atoms with Crippen LogP contribution in [-0.2, 0) is 4.74 Å². The first kappa shape index (κ1) is 13.9. The van der Waals surface area contributed by atoms with Gasteiger partial charge in [-0.3, -0.25) is 0 Å². The van der Waals surface area contributed by atoms with Crippen LogP contribution in [0.4, 0.5) is 4.79 Å². The molecule has 1 rings (SSSR count). The molecule has 1 heterocycles. The minimum Gasteiger partial charge on any atom is -0.444 e. The SMILES string of the molecule is CC(C)(C)OC(=O)NCC#Cc1ccsc1Cl. The van der Waals surface area contributed by atoms with Crippen molar-refractivity contribution in [3.8, 4) is 11.8 Å². The molecule has 0 aromatic carbocycles. The van der Waals surface area contributed by atoms with E-state index in [1.54, 1.807) is 0 Å². The summed E-state index contributed by atoms with van der Waals surface area (Å²) in [6.07, 6.45) is -0.469. The predicted molar refractivity (Wildman–Crippen MR) is 70.4 cm³/mol. The monoisotopic (exact) mass is 271 g/mol. The topological polar surface area (TPSA) is 38.3 Å². The maximum atomic E-state index is 11.3. The summed E-state index contributed by atoms with van der Waals surface area (Å²) in [6, 6.07) is 1.84. The van der Waals surface area contributed by atoms with Crippen molar-refractivity contribution in [3.63, 3.8) is 0 Å². The van der Waals surface area contributed by atoms with E-state index in [1.807, 2.05) is 32.2 Å². The Morgan fingerprint density at radius 3 is 2.82 bits per heavy atom. The number of thiophene rings is 1. The Hall–Kier alpha value is -1.18. The molecule has 0 aliphatic rings. The molecule has 0 fully saturated rings. The predicted octanol–water partition coefficient (Wildman–Crippen LogP) is 3.28. The Labute approximate surface area is 110 Å². The van der Waals surface area contributed by atoms with E-state index >= 15 is 0 Å². The van der Waals surface area contributed by atoms with Crippen LogP contribution < -0.4 is 5.32 Å². The summed E-state index contributed by atoms with van der Waals surface area (Å²) in [4.78, 5) is 11.3. The number of amides is 1. The lowest BCUT2D eigenvalue weighted by molar-refractivity contribution is 0.0535.